The van der Waals surface area contributed by atoms with Crippen molar-refractivity contribution in [2.45, 2.75) is 13.3 Å². The number of primary amides is 1. The van der Waals surface area contributed by atoms with Crippen LogP contribution in [0.25, 0.3) is 0 Å². The van der Waals surface area contributed by atoms with Gasteiger partial charge in [0.2, 0.25) is 5.88 Å². The Labute approximate surface area is 122 Å². The topological polar surface area (TPSA) is 100 Å². The maximum absolute atomic E-state index is 11.3. The van der Waals surface area contributed by atoms with Gasteiger partial charge in [-0.25, -0.2) is 4.98 Å². The zero-order chi connectivity index (χ0) is 15.4. The fourth-order valence-corrected chi connectivity index (χ4v) is 1.84. The van der Waals surface area contributed by atoms with Crippen molar-refractivity contribution in [2.75, 3.05) is 12.8 Å². The van der Waals surface area contributed by atoms with Gasteiger partial charge in [0, 0.05) is 6.07 Å². The monoisotopic (exact) mass is 287 g/mol. The molecule has 0 fully saturated rings. The van der Waals surface area contributed by atoms with Gasteiger partial charge < -0.3 is 20.9 Å². The van der Waals surface area contributed by atoms with E-state index in [1.807, 2.05) is 12.1 Å². The molecule has 6 heteroatoms. The molecule has 0 radical (unpaired) electrons. The van der Waals surface area contributed by atoms with E-state index >= 15 is 0 Å². The van der Waals surface area contributed by atoms with Gasteiger partial charge in [-0.3, -0.25) is 4.79 Å². The van der Waals surface area contributed by atoms with Crippen LogP contribution < -0.4 is 20.9 Å². The zero-order valence-electron chi connectivity index (χ0n) is 11.9. The lowest BCUT2D eigenvalue weighted by Gasteiger charge is -2.11. The van der Waals surface area contributed by atoms with Gasteiger partial charge in [-0.2, -0.15) is 0 Å². The molecule has 6 nitrogen and oxygen atoms in total. The highest BCUT2D eigenvalue weighted by Crippen LogP contribution is 2.32. The third-order valence-electron chi connectivity index (χ3n) is 3.03. The number of nitrogen functional groups attached to an aromatic ring is 1. The minimum absolute atomic E-state index is 0.171. The van der Waals surface area contributed by atoms with Gasteiger partial charge in [-0.1, -0.05) is 13.0 Å². The van der Waals surface area contributed by atoms with E-state index in [-0.39, 0.29) is 17.1 Å². The summed E-state index contributed by atoms with van der Waals surface area (Å²) in [6, 6.07) is 7.02. The predicted molar refractivity (Wildman–Crippen MR) is 79.6 cm³/mol. The Balaban J connectivity index is 2.34. The van der Waals surface area contributed by atoms with Crippen molar-refractivity contribution in [1.82, 2.24) is 4.98 Å². The number of carbonyl (C=O) groups is 1. The Morgan fingerprint density at radius 1 is 1.29 bits per heavy atom. The van der Waals surface area contributed by atoms with Gasteiger partial charge in [0.1, 0.15) is 0 Å². The van der Waals surface area contributed by atoms with E-state index in [4.69, 9.17) is 20.9 Å². The molecular formula is C15H17N3O3. The number of hydrogen-bond acceptors (Lipinski definition) is 5. The number of hydrogen-bond donors (Lipinski definition) is 2. The highest BCUT2D eigenvalue weighted by Gasteiger charge is 2.11. The van der Waals surface area contributed by atoms with E-state index in [1.54, 1.807) is 13.2 Å². The van der Waals surface area contributed by atoms with Crippen LogP contribution in [0.4, 0.5) is 5.69 Å². The van der Waals surface area contributed by atoms with Crippen molar-refractivity contribution in [2.24, 2.45) is 5.73 Å². The first-order chi connectivity index (χ1) is 10.0. The van der Waals surface area contributed by atoms with Crippen LogP contribution in [0.15, 0.2) is 30.5 Å². The van der Waals surface area contributed by atoms with Crippen LogP contribution in [-0.2, 0) is 6.42 Å². The molecule has 0 aliphatic rings. The number of rotatable bonds is 5. The quantitative estimate of drug-likeness (QED) is 0.877. The highest BCUT2D eigenvalue weighted by atomic mass is 16.5. The Kier molecular flexibility index (Phi) is 4.27. The lowest BCUT2D eigenvalue weighted by molar-refractivity contribution is 0.100. The van der Waals surface area contributed by atoms with Gasteiger partial charge in [0.15, 0.2) is 11.5 Å². The first-order valence-corrected chi connectivity index (χ1v) is 6.45. The summed E-state index contributed by atoms with van der Waals surface area (Å²) >= 11 is 0. The Bertz CT molecular complexity index is 671. The molecule has 2 rings (SSSR count). The van der Waals surface area contributed by atoms with Crippen molar-refractivity contribution in [3.05, 3.63) is 41.6 Å². The number of aromatic nitrogens is 1. The van der Waals surface area contributed by atoms with Crippen LogP contribution in [0.5, 0.6) is 17.4 Å². The number of methoxy groups -OCH3 is 1. The number of benzene rings is 1. The number of amides is 1. The predicted octanol–water partition coefficient (Wildman–Crippen LogP) is 2.13. The molecule has 0 saturated heterocycles. The number of pyridine rings is 1. The first kappa shape index (κ1) is 14.6. The summed E-state index contributed by atoms with van der Waals surface area (Å²) in [5, 5.41) is 0. The Morgan fingerprint density at radius 2 is 2.05 bits per heavy atom. The molecule has 0 aliphatic heterocycles. The first-order valence-electron chi connectivity index (χ1n) is 6.45. The fraction of sp³-hybridized carbons (Fsp3) is 0.200. The second-order valence-electron chi connectivity index (χ2n) is 4.41. The number of carbonyl (C=O) groups excluding carboxylic acids is 1. The third kappa shape index (κ3) is 3.22. The molecule has 1 aromatic heterocycles. The Hall–Kier alpha value is -2.76. The van der Waals surface area contributed by atoms with Crippen molar-refractivity contribution in [1.29, 1.82) is 0 Å². The molecule has 2 aromatic rings. The van der Waals surface area contributed by atoms with E-state index < -0.39 is 5.91 Å². The lowest BCUT2D eigenvalue weighted by atomic mass is 10.1. The molecule has 21 heavy (non-hydrogen) atoms. The smallest absolute Gasteiger partial charge is 0.251 e. The van der Waals surface area contributed by atoms with Gasteiger partial charge in [0.25, 0.3) is 5.91 Å². The average Bonchev–Trinajstić information content (AvgIpc) is 2.49. The SMILES string of the molecule is CCc1ccc(Oc2cc(C(N)=O)c(N)cn2)c(OC)c1. The third-order valence-corrected chi connectivity index (χ3v) is 3.03. The molecule has 1 heterocycles. The molecule has 0 bridgehead atoms. The van der Waals surface area contributed by atoms with Crippen molar-refractivity contribution in [3.8, 4) is 17.4 Å². The number of nitrogens with two attached hydrogens (primary N) is 2. The van der Waals surface area contributed by atoms with Crippen molar-refractivity contribution < 1.29 is 14.3 Å². The molecule has 1 amide bonds. The van der Waals surface area contributed by atoms with Crippen LogP contribution in [0, 0.1) is 0 Å². The largest absolute Gasteiger partial charge is 0.493 e. The molecule has 1 aromatic carbocycles. The van der Waals surface area contributed by atoms with Crippen LogP contribution in [0.2, 0.25) is 0 Å². The fourth-order valence-electron chi connectivity index (χ4n) is 1.84. The summed E-state index contributed by atoms with van der Waals surface area (Å²) in [5.74, 6) is 0.685. The van der Waals surface area contributed by atoms with Crippen LogP contribution in [0.1, 0.15) is 22.8 Å². The van der Waals surface area contributed by atoms with E-state index in [9.17, 15) is 4.79 Å². The number of anilines is 1. The van der Waals surface area contributed by atoms with Gasteiger partial charge in [0.05, 0.1) is 24.6 Å². The number of nitrogens with zero attached hydrogens (tertiary/aromatic N) is 1. The normalized spacial score (nSPS) is 10.2. The van der Waals surface area contributed by atoms with E-state index in [1.165, 1.54) is 12.3 Å². The van der Waals surface area contributed by atoms with E-state index in [2.05, 4.69) is 11.9 Å². The summed E-state index contributed by atoms with van der Waals surface area (Å²) < 4.78 is 10.9. The number of aryl methyl sites for hydroxylation is 1. The summed E-state index contributed by atoms with van der Waals surface area (Å²) in [5.41, 5.74) is 12.4. The van der Waals surface area contributed by atoms with Gasteiger partial charge in [-0.15, -0.1) is 0 Å². The Morgan fingerprint density at radius 3 is 2.67 bits per heavy atom. The van der Waals surface area contributed by atoms with Crippen LogP contribution >= 0.6 is 0 Å². The molecule has 0 saturated carbocycles. The summed E-state index contributed by atoms with van der Waals surface area (Å²) in [4.78, 5) is 15.3. The summed E-state index contributed by atoms with van der Waals surface area (Å²) in [6.45, 7) is 2.05. The van der Waals surface area contributed by atoms with E-state index in [0.717, 1.165) is 12.0 Å². The molecule has 4 N–H and O–H groups in total. The average molecular weight is 287 g/mol. The number of ether oxygens (including phenoxy) is 2. The molecule has 110 valence electrons. The standard InChI is InChI=1S/C15H17N3O3/c1-3-9-4-5-12(13(6-9)20-2)21-14-7-10(15(17)19)11(16)8-18-14/h4-8H,3,16H2,1-2H3,(H2,17,19). The minimum Gasteiger partial charge on any atom is -0.493 e. The van der Waals surface area contributed by atoms with Crippen molar-refractivity contribution in [3.63, 3.8) is 0 Å². The maximum atomic E-state index is 11.3. The van der Waals surface area contributed by atoms with Gasteiger partial charge >= 0.3 is 0 Å². The van der Waals surface area contributed by atoms with E-state index in [0.29, 0.717) is 11.5 Å². The summed E-state index contributed by atoms with van der Waals surface area (Å²) in [6.07, 6.45) is 2.23. The molecule has 0 aliphatic carbocycles. The van der Waals surface area contributed by atoms with Gasteiger partial charge in [-0.05, 0) is 24.1 Å². The summed E-state index contributed by atoms with van der Waals surface area (Å²) in [7, 11) is 1.56. The molecule has 0 spiro atoms. The molecule has 0 unspecified atom stereocenters. The lowest BCUT2D eigenvalue weighted by Crippen LogP contribution is -2.13. The second-order valence-corrected chi connectivity index (χ2v) is 4.41. The van der Waals surface area contributed by atoms with Crippen LogP contribution in [0.3, 0.4) is 0 Å². The molecular weight excluding hydrogens is 270 g/mol. The zero-order valence-corrected chi connectivity index (χ0v) is 11.9. The maximum Gasteiger partial charge on any atom is 0.251 e. The van der Waals surface area contributed by atoms with Crippen LogP contribution in [-0.4, -0.2) is 18.0 Å². The molecule has 0 atom stereocenters. The highest BCUT2D eigenvalue weighted by molar-refractivity contribution is 5.98. The second kappa shape index (κ2) is 6.13. The minimum atomic E-state index is -0.631. The van der Waals surface area contributed by atoms with Crippen molar-refractivity contribution >= 4 is 11.6 Å².